The van der Waals surface area contributed by atoms with Gasteiger partial charge in [-0.1, -0.05) is 37.3 Å². The number of aromatic amines is 2. The Kier molecular flexibility index (Phi) is 8.24. The lowest BCUT2D eigenvalue weighted by atomic mass is 10.0. The summed E-state index contributed by atoms with van der Waals surface area (Å²) in [4.78, 5) is 48.6. The minimum absolute atomic E-state index is 0.0851. The highest BCUT2D eigenvalue weighted by Gasteiger charge is 2.40. The van der Waals surface area contributed by atoms with Crippen molar-refractivity contribution in [1.29, 1.82) is 0 Å². The predicted octanol–water partition coefficient (Wildman–Crippen LogP) is 9.61. The largest absolute Gasteiger partial charge is 0.444 e. The third-order valence-corrected chi connectivity index (χ3v) is 10.3. The molecule has 49 heavy (non-hydrogen) atoms. The Morgan fingerprint density at radius 3 is 2.10 bits per heavy atom. The molecule has 5 heterocycles. The monoisotopic (exact) mass is 682 g/mol. The molecule has 3 aromatic heterocycles. The number of carbonyl (C=O) groups excluding carboxylic acids is 2. The number of hydrogen-bond donors (Lipinski definition) is 2. The first-order chi connectivity index (χ1) is 23.1. The number of hydrogen-bond acceptors (Lipinski definition) is 7. The van der Waals surface area contributed by atoms with Crippen LogP contribution in [0.3, 0.4) is 0 Å². The summed E-state index contributed by atoms with van der Waals surface area (Å²) in [6.07, 6.45) is 2.01. The van der Waals surface area contributed by atoms with Gasteiger partial charge in [0.1, 0.15) is 27.7 Å². The van der Waals surface area contributed by atoms with E-state index in [9.17, 15) is 9.59 Å². The van der Waals surface area contributed by atoms with Crippen molar-refractivity contribution in [2.24, 2.45) is 5.92 Å². The van der Waals surface area contributed by atoms with Gasteiger partial charge in [-0.2, -0.15) is 0 Å². The highest BCUT2D eigenvalue weighted by atomic mass is 32.1. The Morgan fingerprint density at radius 2 is 1.41 bits per heavy atom. The maximum absolute atomic E-state index is 13.1. The van der Waals surface area contributed by atoms with Gasteiger partial charge in [0.15, 0.2) is 0 Å². The number of ether oxygens (including phenoxy) is 2. The molecule has 4 atom stereocenters. The molecule has 10 nitrogen and oxygen atoms in total. The van der Waals surface area contributed by atoms with E-state index in [0.717, 1.165) is 73.9 Å². The first-order valence-corrected chi connectivity index (χ1v) is 18.0. The number of fused-ring (bicyclic) bond motifs is 2. The van der Waals surface area contributed by atoms with Crippen LogP contribution in [0.5, 0.6) is 0 Å². The van der Waals surface area contributed by atoms with E-state index in [1.807, 2.05) is 57.4 Å². The van der Waals surface area contributed by atoms with E-state index in [0.29, 0.717) is 12.5 Å². The van der Waals surface area contributed by atoms with Gasteiger partial charge < -0.3 is 19.4 Å². The number of aromatic nitrogens is 4. The molecule has 0 spiro atoms. The van der Waals surface area contributed by atoms with Crippen LogP contribution in [0.1, 0.15) is 98.4 Å². The van der Waals surface area contributed by atoms with Crippen molar-refractivity contribution < 1.29 is 19.1 Å². The van der Waals surface area contributed by atoms with Crippen LogP contribution < -0.4 is 0 Å². The molecule has 5 aromatic rings. The van der Waals surface area contributed by atoms with Crippen LogP contribution in [-0.2, 0) is 9.47 Å². The smallest absolute Gasteiger partial charge is 0.411 e. The van der Waals surface area contributed by atoms with Gasteiger partial charge in [-0.3, -0.25) is 9.80 Å². The Morgan fingerprint density at radius 1 is 0.776 bits per heavy atom. The van der Waals surface area contributed by atoms with E-state index in [4.69, 9.17) is 19.4 Å². The number of thiophene rings is 1. The zero-order valence-corrected chi connectivity index (χ0v) is 30.4. The maximum atomic E-state index is 13.1. The SMILES string of the molecule is C[C@H]1C[C@H](c2nc3sc(-c4ccc(-c5ccc6nc([C@@H]7CC[C@@H](C)N7C(=O)OC(C)(C)C)[nH]c6c5)cc4)cc3[nH]2)N(C(=O)OC(C)(C)C)C1. The average molecular weight is 683 g/mol. The Hall–Kier alpha value is -4.38. The molecular weight excluding hydrogens is 637 g/mol. The van der Waals surface area contributed by atoms with Gasteiger partial charge >= 0.3 is 12.2 Å². The summed E-state index contributed by atoms with van der Waals surface area (Å²) in [6.45, 7) is 16.2. The van der Waals surface area contributed by atoms with Gasteiger partial charge in [0, 0.05) is 17.5 Å². The van der Waals surface area contributed by atoms with Crippen molar-refractivity contribution in [3.63, 3.8) is 0 Å². The fourth-order valence-corrected chi connectivity index (χ4v) is 8.03. The third-order valence-electron chi connectivity index (χ3n) is 9.24. The van der Waals surface area contributed by atoms with Crippen LogP contribution in [0.15, 0.2) is 48.5 Å². The van der Waals surface area contributed by atoms with Gasteiger partial charge in [0.2, 0.25) is 0 Å². The minimum Gasteiger partial charge on any atom is -0.444 e. The van der Waals surface area contributed by atoms with Gasteiger partial charge in [0.25, 0.3) is 0 Å². The van der Waals surface area contributed by atoms with Gasteiger partial charge in [-0.15, -0.1) is 11.3 Å². The van der Waals surface area contributed by atoms with Crippen molar-refractivity contribution in [3.05, 3.63) is 60.2 Å². The number of rotatable bonds is 4. The zero-order valence-electron chi connectivity index (χ0n) is 29.6. The second-order valence-electron chi connectivity index (χ2n) is 15.7. The number of imidazole rings is 2. The number of H-pyrrole nitrogens is 2. The lowest BCUT2D eigenvalue weighted by molar-refractivity contribution is 0.0150. The van der Waals surface area contributed by atoms with E-state index in [-0.39, 0.29) is 30.3 Å². The van der Waals surface area contributed by atoms with Crippen molar-refractivity contribution >= 4 is 44.9 Å². The molecular formula is C38H46N6O4S. The number of benzene rings is 2. The molecule has 0 bridgehead atoms. The Bertz CT molecular complexity index is 1980. The summed E-state index contributed by atoms with van der Waals surface area (Å²) >= 11 is 1.65. The van der Waals surface area contributed by atoms with E-state index in [1.165, 1.54) is 0 Å². The van der Waals surface area contributed by atoms with E-state index < -0.39 is 11.2 Å². The summed E-state index contributed by atoms with van der Waals surface area (Å²) in [5.41, 5.74) is 5.01. The summed E-state index contributed by atoms with van der Waals surface area (Å²) in [7, 11) is 0. The van der Waals surface area contributed by atoms with E-state index in [2.05, 4.69) is 66.3 Å². The first-order valence-electron chi connectivity index (χ1n) is 17.2. The molecule has 0 radical (unpaired) electrons. The molecule has 0 unspecified atom stereocenters. The quantitative estimate of drug-likeness (QED) is 0.195. The topological polar surface area (TPSA) is 116 Å². The normalized spacial score (nSPS) is 21.6. The molecule has 0 saturated carbocycles. The van der Waals surface area contributed by atoms with Crippen molar-refractivity contribution in [2.75, 3.05) is 6.54 Å². The third kappa shape index (κ3) is 6.77. The predicted molar refractivity (Wildman–Crippen MR) is 193 cm³/mol. The zero-order chi connectivity index (χ0) is 34.8. The molecule has 2 aliphatic heterocycles. The second kappa shape index (κ2) is 12.2. The van der Waals surface area contributed by atoms with Crippen LogP contribution in [0.2, 0.25) is 0 Å². The van der Waals surface area contributed by atoms with Crippen molar-refractivity contribution in [3.8, 4) is 21.6 Å². The van der Waals surface area contributed by atoms with Gasteiger partial charge in [-0.25, -0.2) is 19.6 Å². The van der Waals surface area contributed by atoms with Gasteiger partial charge in [0.05, 0.1) is 28.6 Å². The number of amides is 2. The Labute approximate surface area is 291 Å². The molecule has 7 rings (SSSR count). The van der Waals surface area contributed by atoms with Gasteiger partial charge in [-0.05, 0) is 109 Å². The fourth-order valence-electron chi connectivity index (χ4n) is 7.03. The van der Waals surface area contributed by atoms with Crippen LogP contribution in [-0.4, -0.2) is 65.7 Å². The van der Waals surface area contributed by atoms with Crippen LogP contribution in [0, 0.1) is 5.92 Å². The van der Waals surface area contributed by atoms with Crippen molar-refractivity contribution in [1.82, 2.24) is 29.7 Å². The van der Waals surface area contributed by atoms with Crippen LogP contribution in [0.4, 0.5) is 9.59 Å². The van der Waals surface area contributed by atoms with Crippen LogP contribution >= 0.6 is 11.3 Å². The summed E-state index contributed by atoms with van der Waals surface area (Å²) in [5.74, 6) is 1.98. The molecule has 258 valence electrons. The molecule has 2 fully saturated rings. The fraction of sp³-hybridized carbons (Fsp3) is 0.474. The van der Waals surface area contributed by atoms with E-state index in [1.54, 1.807) is 11.3 Å². The lowest BCUT2D eigenvalue weighted by Gasteiger charge is -2.30. The molecule has 2 saturated heterocycles. The molecule has 2 amide bonds. The average Bonchev–Trinajstić information content (AvgIpc) is 3.82. The Balaban J connectivity index is 1.07. The molecule has 2 N–H and O–H groups in total. The summed E-state index contributed by atoms with van der Waals surface area (Å²) in [6, 6.07) is 16.8. The lowest BCUT2D eigenvalue weighted by Crippen LogP contribution is -2.40. The maximum Gasteiger partial charge on any atom is 0.411 e. The first kappa shape index (κ1) is 33.1. The number of nitrogens with one attached hydrogen (secondary N) is 2. The van der Waals surface area contributed by atoms with E-state index >= 15 is 0 Å². The standard InChI is InChI=1S/C38H46N6O4S/c1-21-17-30(43(20-21)35(45)47-37(3,4)5)33-41-28-19-31(49-34(28)42-33)24-12-10-23(11-13-24)25-14-15-26-27(18-25)40-32(39-26)29-16-9-22(2)44(29)36(46)48-38(6,7)8/h10-15,18-19,21-22,29-30H,9,16-17,20H2,1-8H3,(H,39,40)(H,41,42)/t21-,22+,29-,30+/m0/s1. The number of carbonyl (C=O) groups is 2. The molecule has 2 aromatic carbocycles. The summed E-state index contributed by atoms with van der Waals surface area (Å²) in [5, 5.41) is 0. The molecule has 11 heteroatoms. The van der Waals surface area contributed by atoms with Crippen LogP contribution in [0.25, 0.3) is 42.9 Å². The molecule has 0 aliphatic carbocycles. The highest BCUT2D eigenvalue weighted by molar-refractivity contribution is 7.21. The second-order valence-corrected chi connectivity index (χ2v) is 16.7. The number of likely N-dealkylation sites (tertiary alicyclic amines) is 2. The number of nitrogens with zero attached hydrogens (tertiary/aromatic N) is 4. The highest BCUT2D eigenvalue weighted by Crippen LogP contribution is 2.40. The minimum atomic E-state index is -0.554. The summed E-state index contributed by atoms with van der Waals surface area (Å²) < 4.78 is 11.4. The molecule has 2 aliphatic rings. The van der Waals surface area contributed by atoms with Crippen molar-refractivity contribution in [2.45, 2.75) is 104 Å².